The summed E-state index contributed by atoms with van der Waals surface area (Å²) >= 11 is 6.61. The molecule has 14 heteroatoms. The first-order valence-electron chi connectivity index (χ1n) is 13.5. The minimum atomic E-state index is -2.02. The number of H-pyrrole nitrogens is 1. The van der Waals surface area contributed by atoms with E-state index in [1.54, 1.807) is 19.1 Å². The van der Waals surface area contributed by atoms with Gasteiger partial charge in [0.05, 0.1) is 41.1 Å². The molecule has 0 fully saturated rings. The van der Waals surface area contributed by atoms with Gasteiger partial charge >= 0.3 is 0 Å². The van der Waals surface area contributed by atoms with E-state index in [0.29, 0.717) is 28.5 Å². The van der Waals surface area contributed by atoms with Gasteiger partial charge in [0, 0.05) is 29.2 Å². The number of Topliss-reactive ketones (excluding diaryl/α,β-unsaturated/α-hetero) is 2. The Morgan fingerprint density at radius 1 is 0.932 bits per heavy atom. The fourth-order valence-corrected chi connectivity index (χ4v) is 6.64. The van der Waals surface area contributed by atoms with Crippen LogP contribution in [0.25, 0.3) is 0 Å². The van der Waals surface area contributed by atoms with E-state index in [-0.39, 0.29) is 57.2 Å². The molecule has 3 aliphatic rings. The van der Waals surface area contributed by atoms with Gasteiger partial charge in [0.25, 0.3) is 5.56 Å². The lowest BCUT2D eigenvalue weighted by atomic mass is 9.66. The second-order valence-corrected chi connectivity index (χ2v) is 10.9. The van der Waals surface area contributed by atoms with Crippen LogP contribution in [0.4, 0.5) is 11.8 Å². The minimum absolute atomic E-state index is 0.0158. The fraction of sp³-hybridized carbons (Fsp3) is 0.333. The molecule has 230 valence electrons. The summed E-state index contributed by atoms with van der Waals surface area (Å²) in [5.41, 5.74) is 4.46. The number of hydrogen-bond acceptors (Lipinski definition) is 12. The van der Waals surface area contributed by atoms with Gasteiger partial charge in [-0.1, -0.05) is 18.5 Å². The summed E-state index contributed by atoms with van der Waals surface area (Å²) in [6.07, 6.45) is 0.173. The molecule has 3 atom stereocenters. The summed E-state index contributed by atoms with van der Waals surface area (Å²) < 4.78 is 33.8. The zero-order valence-corrected chi connectivity index (χ0v) is 25.4. The largest absolute Gasteiger partial charge is 0.496 e. The molecule has 13 nitrogen and oxygen atoms in total. The molecule has 44 heavy (non-hydrogen) atoms. The molecule has 0 saturated carbocycles. The first-order valence-corrected chi connectivity index (χ1v) is 13.9. The van der Waals surface area contributed by atoms with Gasteiger partial charge in [-0.15, -0.1) is 0 Å². The van der Waals surface area contributed by atoms with E-state index in [1.165, 1.54) is 41.6 Å². The normalized spacial score (nSPS) is 21.6. The molecular formula is C30H29ClN4O9. The van der Waals surface area contributed by atoms with Crippen LogP contribution in [0.1, 0.15) is 40.7 Å². The van der Waals surface area contributed by atoms with Gasteiger partial charge in [-0.3, -0.25) is 19.4 Å². The SMILES string of the molecule is COc1cc(OC)c2c(c1Cl)O[C@@]1(C(=O)C3=C(C[C@H]1C)Nc1nc(N)[nH]c(=O)c1C3c1cc(OC)c(OC)c(OC)c1)C2=O. The van der Waals surface area contributed by atoms with E-state index in [4.69, 9.17) is 45.8 Å². The van der Waals surface area contributed by atoms with Crippen LogP contribution < -0.4 is 45.0 Å². The number of fused-ring (bicyclic) bond motifs is 2. The maximum atomic E-state index is 14.9. The highest BCUT2D eigenvalue weighted by Crippen LogP contribution is 2.57. The third kappa shape index (κ3) is 3.85. The lowest BCUT2D eigenvalue weighted by Crippen LogP contribution is -2.58. The number of ketones is 2. The van der Waals surface area contributed by atoms with E-state index in [2.05, 4.69) is 15.3 Å². The van der Waals surface area contributed by atoms with Crippen LogP contribution in [0.5, 0.6) is 34.5 Å². The van der Waals surface area contributed by atoms with Crippen molar-refractivity contribution in [3.05, 3.63) is 61.5 Å². The monoisotopic (exact) mass is 624 g/mol. The van der Waals surface area contributed by atoms with E-state index >= 15 is 0 Å². The number of carbonyl (C=O) groups is 2. The van der Waals surface area contributed by atoms with Crippen LogP contribution in [0.15, 0.2) is 34.3 Å². The van der Waals surface area contributed by atoms with Gasteiger partial charge in [-0.2, -0.15) is 4.98 Å². The Bertz CT molecular complexity index is 1830. The van der Waals surface area contributed by atoms with Gasteiger partial charge in [-0.05, 0) is 24.1 Å². The molecule has 6 rings (SSSR count). The van der Waals surface area contributed by atoms with Crippen LogP contribution >= 0.6 is 11.6 Å². The Labute approximate surface area is 256 Å². The van der Waals surface area contributed by atoms with Gasteiger partial charge in [0.2, 0.25) is 28.9 Å². The molecule has 2 aromatic carbocycles. The first-order chi connectivity index (χ1) is 21.1. The number of methoxy groups -OCH3 is 5. The number of nitrogens with two attached hydrogens (primary N) is 1. The number of aromatic nitrogens is 2. The topological polar surface area (TPSA) is 173 Å². The molecular weight excluding hydrogens is 596 g/mol. The molecule has 0 bridgehead atoms. The first kappa shape index (κ1) is 29.2. The second kappa shape index (κ2) is 10.4. The van der Waals surface area contributed by atoms with Gasteiger partial charge in [0.1, 0.15) is 27.9 Å². The lowest BCUT2D eigenvalue weighted by molar-refractivity contribution is -0.130. The molecule has 4 N–H and O–H groups in total. The van der Waals surface area contributed by atoms with Crippen LogP contribution in [-0.2, 0) is 4.79 Å². The average Bonchev–Trinajstić information content (AvgIpc) is 3.32. The Balaban J connectivity index is 1.61. The smallest absolute Gasteiger partial charge is 0.258 e. The number of nitrogen functional groups attached to an aromatic ring is 1. The van der Waals surface area contributed by atoms with Crippen LogP contribution in [0, 0.1) is 5.92 Å². The van der Waals surface area contributed by atoms with Crippen molar-refractivity contribution in [2.75, 3.05) is 46.6 Å². The molecule has 1 spiro atoms. The van der Waals surface area contributed by atoms with Crippen molar-refractivity contribution in [2.45, 2.75) is 24.9 Å². The Hall–Kier alpha value is -4.91. The predicted molar refractivity (Wildman–Crippen MR) is 159 cm³/mol. The highest BCUT2D eigenvalue weighted by Gasteiger charge is 2.63. The zero-order valence-electron chi connectivity index (χ0n) is 24.7. The maximum absolute atomic E-state index is 14.9. The Morgan fingerprint density at radius 3 is 2.16 bits per heavy atom. The number of halogens is 1. The van der Waals surface area contributed by atoms with Gasteiger partial charge in [-0.25, -0.2) is 0 Å². The number of aromatic amines is 1. The Kier molecular flexibility index (Phi) is 6.87. The number of nitrogens with zero attached hydrogens (tertiary/aromatic N) is 1. The number of ether oxygens (including phenoxy) is 6. The van der Waals surface area contributed by atoms with E-state index in [9.17, 15) is 14.4 Å². The number of anilines is 2. The summed E-state index contributed by atoms with van der Waals surface area (Å²) in [6.45, 7) is 1.73. The number of rotatable bonds is 6. The van der Waals surface area contributed by atoms with Crippen molar-refractivity contribution in [1.82, 2.24) is 9.97 Å². The highest BCUT2D eigenvalue weighted by molar-refractivity contribution is 6.36. The molecule has 0 amide bonds. The predicted octanol–water partition coefficient (Wildman–Crippen LogP) is 3.48. The van der Waals surface area contributed by atoms with E-state index < -0.39 is 34.6 Å². The molecule has 2 aliphatic heterocycles. The molecule has 1 aliphatic carbocycles. The number of hydrogen-bond donors (Lipinski definition) is 3. The Morgan fingerprint density at radius 2 is 1.57 bits per heavy atom. The van der Waals surface area contributed by atoms with Crippen molar-refractivity contribution in [3.63, 3.8) is 0 Å². The third-order valence-corrected chi connectivity index (χ3v) is 8.73. The summed E-state index contributed by atoms with van der Waals surface area (Å²) in [7, 11) is 7.17. The molecule has 0 saturated heterocycles. The third-order valence-electron chi connectivity index (χ3n) is 8.37. The minimum Gasteiger partial charge on any atom is -0.496 e. The van der Waals surface area contributed by atoms with Crippen LogP contribution in [0.2, 0.25) is 5.02 Å². The van der Waals surface area contributed by atoms with Crippen molar-refractivity contribution in [1.29, 1.82) is 0 Å². The zero-order chi connectivity index (χ0) is 31.7. The molecule has 1 aromatic heterocycles. The van der Waals surface area contributed by atoms with E-state index in [1.807, 2.05) is 0 Å². The van der Waals surface area contributed by atoms with Gasteiger partial charge < -0.3 is 39.5 Å². The van der Waals surface area contributed by atoms with Crippen molar-refractivity contribution in [2.24, 2.45) is 5.92 Å². The molecule has 3 aromatic rings. The highest BCUT2D eigenvalue weighted by atomic mass is 35.5. The molecule has 0 radical (unpaired) electrons. The van der Waals surface area contributed by atoms with Crippen molar-refractivity contribution >= 4 is 34.9 Å². The maximum Gasteiger partial charge on any atom is 0.258 e. The summed E-state index contributed by atoms with van der Waals surface area (Å²) in [5, 5.41) is 3.16. The standard InChI is InChI=1S/C30H29ClN4O9/c1-11-7-13-19(25(36)30(11)26(37)20-14(39-2)10-15(40-3)22(31)24(20)44-30)18(21-27(33-13)34-29(32)35-28(21)38)12-8-16(41-4)23(43-6)17(9-12)42-5/h8-11,18H,7H2,1-6H3,(H4,32,33,34,35,38)/t11-,18?,30+/m1/s1. The molecule has 3 heterocycles. The summed E-state index contributed by atoms with van der Waals surface area (Å²) in [4.78, 5) is 49.7. The number of benzene rings is 2. The van der Waals surface area contributed by atoms with Crippen LogP contribution in [-0.4, -0.2) is 62.7 Å². The van der Waals surface area contributed by atoms with Crippen LogP contribution in [0.3, 0.4) is 0 Å². The second-order valence-electron chi connectivity index (χ2n) is 10.5. The summed E-state index contributed by atoms with van der Waals surface area (Å²) in [5.74, 6) is -1.70. The summed E-state index contributed by atoms with van der Waals surface area (Å²) in [6, 6.07) is 4.74. The lowest BCUT2D eigenvalue weighted by Gasteiger charge is -2.42. The van der Waals surface area contributed by atoms with Crippen molar-refractivity contribution in [3.8, 4) is 34.5 Å². The molecule has 1 unspecified atom stereocenters. The van der Waals surface area contributed by atoms with E-state index in [0.717, 1.165) is 0 Å². The van der Waals surface area contributed by atoms with Gasteiger partial charge in [0.15, 0.2) is 17.2 Å². The number of carbonyl (C=O) groups excluding carboxylic acids is 2. The van der Waals surface area contributed by atoms with Crippen molar-refractivity contribution < 1.29 is 38.0 Å². The average molecular weight is 625 g/mol. The number of nitrogens with one attached hydrogen (secondary N) is 2. The fourth-order valence-electron chi connectivity index (χ4n) is 6.37. The number of allylic oxidation sites excluding steroid dienone is 1. The quantitative estimate of drug-likeness (QED) is 0.341.